The summed E-state index contributed by atoms with van der Waals surface area (Å²) < 4.78 is 0. The van der Waals surface area contributed by atoms with Gasteiger partial charge in [0.2, 0.25) is 5.91 Å². The van der Waals surface area contributed by atoms with Gasteiger partial charge in [0.15, 0.2) is 6.29 Å². The Labute approximate surface area is 194 Å². The first-order chi connectivity index (χ1) is 16.0. The van der Waals surface area contributed by atoms with Crippen LogP contribution in [-0.4, -0.2) is 78.2 Å². The quantitative estimate of drug-likeness (QED) is 0.660. The minimum absolute atomic E-state index is 0.0625. The van der Waals surface area contributed by atoms with Crippen molar-refractivity contribution in [2.75, 3.05) is 43.4 Å². The second kappa shape index (κ2) is 9.13. The van der Waals surface area contributed by atoms with E-state index in [1.807, 2.05) is 35.3 Å². The molecule has 3 aliphatic heterocycles. The second-order valence-electron chi connectivity index (χ2n) is 9.41. The van der Waals surface area contributed by atoms with E-state index in [0.717, 1.165) is 74.8 Å². The molecule has 9 nitrogen and oxygen atoms in total. The molecule has 1 aromatic heterocycles. The van der Waals surface area contributed by atoms with Crippen LogP contribution in [0.4, 0.5) is 11.5 Å². The normalized spacial score (nSPS) is 26.1. The number of hydrogen-bond acceptors (Lipinski definition) is 8. The lowest BCUT2D eigenvalue weighted by Crippen LogP contribution is -2.54. The third-order valence-corrected chi connectivity index (χ3v) is 7.24. The molecule has 0 bridgehead atoms. The fourth-order valence-electron chi connectivity index (χ4n) is 5.39. The first kappa shape index (κ1) is 21.9. The molecule has 1 amide bonds. The van der Waals surface area contributed by atoms with Crippen molar-refractivity contribution in [3.63, 3.8) is 0 Å². The number of amides is 1. The van der Waals surface area contributed by atoms with Crippen molar-refractivity contribution < 1.29 is 9.59 Å². The topological polar surface area (TPSA) is 93.2 Å². The van der Waals surface area contributed by atoms with Crippen LogP contribution in [0.3, 0.4) is 0 Å². The molecule has 2 unspecified atom stereocenters. The molecule has 4 heterocycles. The predicted octanol–water partition coefficient (Wildman–Crippen LogP) is 1.79. The summed E-state index contributed by atoms with van der Waals surface area (Å²) in [5.41, 5.74) is 2.08. The Bertz CT molecular complexity index is 962. The van der Waals surface area contributed by atoms with Gasteiger partial charge in [-0.3, -0.25) is 14.5 Å². The van der Waals surface area contributed by atoms with Gasteiger partial charge in [-0.2, -0.15) is 0 Å². The fraction of sp³-hybridized carbons (Fsp3) is 0.583. The molecule has 1 aliphatic carbocycles. The molecular formula is C24H33N7O2. The highest BCUT2D eigenvalue weighted by molar-refractivity contribution is 6.04. The lowest BCUT2D eigenvalue weighted by Gasteiger charge is -2.45. The smallest absolute Gasteiger partial charge is 0.239 e. The average molecular weight is 452 g/mol. The zero-order valence-corrected chi connectivity index (χ0v) is 19.5. The van der Waals surface area contributed by atoms with Crippen LogP contribution in [0.2, 0.25) is 0 Å². The van der Waals surface area contributed by atoms with Gasteiger partial charge >= 0.3 is 0 Å². The van der Waals surface area contributed by atoms with Gasteiger partial charge in [0.1, 0.15) is 23.3 Å². The molecule has 176 valence electrons. The van der Waals surface area contributed by atoms with Crippen LogP contribution in [-0.2, 0) is 9.59 Å². The van der Waals surface area contributed by atoms with E-state index < -0.39 is 5.92 Å². The number of hydrogen-bond donors (Lipinski definition) is 2. The number of ketones is 1. The Morgan fingerprint density at radius 1 is 1.18 bits per heavy atom. The summed E-state index contributed by atoms with van der Waals surface area (Å²) in [5, 5.41) is 6.77. The van der Waals surface area contributed by atoms with E-state index in [4.69, 9.17) is 4.99 Å². The van der Waals surface area contributed by atoms with Crippen molar-refractivity contribution in [3.8, 4) is 0 Å². The molecule has 9 heteroatoms. The van der Waals surface area contributed by atoms with E-state index in [9.17, 15) is 9.59 Å². The Morgan fingerprint density at radius 3 is 2.61 bits per heavy atom. The first-order valence-corrected chi connectivity index (χ1v) is 12.0. The Balaban J connectivity index is 1.35. The highest BCUT2D eigenvalue weighted by Crippen LogP contribution is 2.37. The maximum atomic E-state index is 13.4. The molecule has 4 aliphatic rings. The van der Waals surface area contributed by atoms with Crippen LogP contribution in [0.1, 0.15) is 39.0 Å². The number of anilines is 2. The standard InChI is InChI=1S/C24H33N7O2/c1-16(32)20-13-17-14-27-24(29(2)22(17)31(23(20)33)18-5-3-4-6-18)28-21-8-7-19(15-26-21)30-11-9-25-10-12-30/h7-8,14-15,18,20,24-25H,3-6,9-13H2,1-2H3,(H,26,28). The number of nitrogens with zero attached hydrogens (tertiary/aromatic N) is 5. The van der Waals surface area contributed by atoms with Crippen molar-refractivity contribution in [1.29, 1.82) is 0 Å². The summed E-state index contributed by atoms with van der Waals surface area (Å²) in [7, 11) is 1.96. The van der Waals surface area contributed by atoms with Crippen molar-refractivity contribution in [1.82, 2.24) is 20.1 Å². The number of carbonyl (C=O) groups is 2. The summed E-state index contributed by atoms with van der Waals surface area (Å²) in [5.74, 6) is 0.887. The van der Waals surface area contributed by atoms with Crippen LogP contribution in [0.25, 0.3) is 0 Å². The van der Waals surface area contributed by atoms with Gasteiger partial charge in [-0.25, -0.2) is 9.98 Å². The van der Waals surface area contributed by atoms with Crippen LogP contribution < -0.4 is 15.5 Å². The van der Waals surface area contributed by atoms with Crippen LogP contribution in [0.15, 0.2) is 34.7 Å². The van der Waals surface area contributed by atoms with Crippen LogP contribution in [0, 0.1) is 5.92 Å². The van der Waals surface area contributed by atoms with Gasteiger partial charge in [-0.1, -0.05) is 12.8 Å². The molecule has 0 aromatic carbocycles. The Kier molecular flexibility index (Phi) is 6.05. The molecule has 33 heavy (non-hydrogen) atoms. The van der Waals surface area contributed by atoms with E-state index in [1.165, 1.54) is 6.92 Å². The van der Waals surface area contributed by atoms with Crippen molar-refractivity contribution in [3.05, 3.63) is 29.7 Å². The summed E-state index contributed by atoms with van der Waals surface area (Å²) >= 11 is 0. The minimum atomic E-state index is -0.604. The van der Waals surface area contributed by atoms with Gasteiger partial charge in [0.05, 0.1) is 11.9 Å². The number of carbonyl (C=O) groups excluding carboxylic acids is 2. The monoisotopic (exact) mass is 451 g/mol. The van der Waals surface area contributed by atoms with Crippen molar-refractivity contribution in [2.24, 2.45) is 10.9 Å². The lowest BCUT2D eigenvalue weighted by atomic mass is 9.89. The highest BCUT2D eigenvalue weighted by Gasteiger charge is 2.44. The SMILES string of the molecule is CC(=O)C1CC2=C(N(C)C(Nc3ccc(N4CCNCC4)cn3)N=C2)N(C2CCCC2)C1=O. The maximum Gasteiger partial charge on any atom is 0.239 e. The van der Waals surface area contributed by atoms with Crippen molar-refractivity contribution >= 4 is 29.4 Å². The molecule has 0 spiro atoms. The summed E-state index contributed by atoms with van der Waals surface area (Å²) in [6, 6.07) is 4.22. The molecule has 2 atom stereocenters. The van der Waals surface area contributed by atoms with E-state index >= 15 is 0 Å². The Morgan fingerprint density at radius 2 is 1.94 bits per heavy atom. The number of aromatic nitrogens is 1. The molecule has 2 N–H and O–H groups in total. The van der Waals surface area contributed by atoms with Gasteiger partial charge in [-0.05, 0) is 38.3 Å². The average Bonchev–Trinajstić information content (AvgIpc) is 3.36. The van der Waals surface area contributed by atoms with Crippen LogP contribution >= 0.6 is 0 Å². The third-order valence-electron chi connectivity index (χ3n) is 7.24. The zero-order chi connectivity index (χ0) is 22.9. The zero-order valence-electron chi connectivity index (χ0n) is 19.5. The van der Waals surface area contributed by atoms with Gasteiger partial charge < -0.3 is 20.4 Å². The van der Waals surface area contributed by atoms with Gasteiger partial charge in [0, 0.05) is 51.1 Å². The molecule has 5 rings (SSSR count). The minimum Gasteiger partial charge on any atom is -0.368 e. The maximum absolute atomic E-state index is 13.4. The van der Waals surface area contributed by atoms with Crippen LogP contribution in [0.5, 0.6) is 0 Å². The van der Waals surface area contributed by atoms with E-state index in [1.54, 1.807) is 0 Å². The second-order valence-corrected chi connectivity index (χ2v) is 9.41. The first-order valence-electron chi connectivity index (χ1n) is 12.0. The molecule has 1 aromatic rings. The van der Waals surface area contributed by atoms with Crippen molar-refractivity contribution in [2.45, 2.75) is 51.4 Å². The molecule has 1 saturated carbocycles. The van der Waals surface area contributed by atoms with Gasteiger partial charge in [-0.15, -0.1) is 0 Å². The largest absolute Gasteiger partial charge is 0.368 e. The molecule has 1 saturated heterocycles. The number of pyridine rings is 1. The third kappa shape index (κ3) is 4.21. The van der Waals surface area contributed by atoms with Gasteiger partial charge in [0.25, 0.3) is 0 Å². The van der Waals surface area contributed by atoms with E-state index in [2.05, 4.69) is 26.6 Å². The van der Waals surface area contributed by atoms with E-state index in [0.29, 0.717) is 6.42 Å². The lowest BCUT2D eigenvalue weighted by molar-refractivity contribution is -0.143. The molecule has 2 fully saturated rings. The molecule has 0 radical (unpaired) electrons. The molecular weight excluding hydrogens is 418 g/mol. The number of piperazine rings is 1. The summed E-state index contributed by atoms with van der Waals surface area (Å²) in [4.78, 5) is 41.2. The number of allylic oxidation sites excluding steroid dienone is 1. The van der Waals surface area contributed by atoms with E-state index in [-0.39, 0.29) is 24.0 Å². The Hall–Kier alpha value is -2.94. The number of nitrogens with one attached hydrogen (secondary N) is 2. The number of Topliss-reactive ketones (excluding diaryl/α,β-unsaturated/α-hetero) is 1. The predicted molar refractivity (Wildman–Crippen MR) is 128 cm³/mol. The number of rotatable bonds is 5. The highest BCUT2D eigenvalue weighted by atomic mass is 16.2. The number of aliphatic imine (C=N–C) groups is 1. The fourth-order valence-corrected chi connectivity index (χ4v) is 5.39. The summed E-state index contributed by atoms with van der Waals surface area (Å²) in [6.07, 6.45) is 7.98. The summed E-state index contributed by atoms with van der Waals surface area (Å²) in [6.45, 7) is 5.45.